The molecule has 1 amide bonds. The van der Waals surface area contributed by atoms with Gasteiger partial charge in [0.15, 0.2) is 5.82 Å². The van der Waals surface area contributed by atoms with Gasteiger partial charge in [0, 0.05) is 11.5 Å². The van der Waals surface area contributed by atoms with Gasteiger partial charge in [0.1, 0.15) is 5.69 Å². The number of rotatable bonds is 2. The van der Waals surface area contributed by atoms with Crippen LogP contribution in [-0.2, 0) is 11.0 Å². The lowest BCUT2D eigenvalue weighted by atomic mass is 10.1. The lowest BCUT2D eigenvalue weighted by Gasteiger charge is -2.09. The highest BCUT2D eigenvalue weighted by molar-refractivity contribution is 5.92. The maximum absolute atomic E-state index is 12.5. The van der Waals surface area contributed by atoms with Crippen molar-refractivity contribution >= 4 is 11.7 Å². The van der Waals surface area contributed by atoms with Gasteiger partial charge in [-0.25, -0.2) is 0 Å². The predicted octanol–water partition coefficient (Wildman–Crippen LogP) is 2.87. The lowest BCUT2D eigenvalue weighted by molar-refractivity contribution is -0.141. The number of carbonyl (C=O) groups excluding carboxylic acids is 1. The maximum atomic E-state index is 12.5. The Bertz CT molecular complexity index is 447. The molecule has 0 atom stereocenters. The predicted molar refractivity (Wildman–Crippen MR) is 58.9 cm³/mol. The number of hydrogen-bond donors (Lipinski definition) is 2. The van der Waals surface area contributed by atoms with E-state index in [1.165, 1.54) is 6.92 Å². The minimum atomic E-state index is -4.48. The van der Waals surface area contributed by atoms with Crippen LogP contribution in [0.1, 0.15) is 36.9 Å². The van der Waals surface area contributed by atoms with Gasteiger partial charge < -0.3 is 5.32 Å². The molecule has 0 unspecified atom stereocenters. The number of nitrogens with zero attached hydrogens (tertiary/aromatic N) is 1. The molecule has 2 rings (SSSR count). The van der Waals surface area contributed by atoms with E-state index in [0.717, 1.165) is 25.7 Å². The number of nitrogens with one attached hydrogen (secondary N) is 2. The fourth-order valence-corrected chi connectivity index (χ4v) is 2.20. The highest BCUT2D eigenvalue weighted by Gasteiger charge is 2.36. The molecule has 1 saturated carbocycles. The van der Waals surface area contributed by atoms with Crippen molar-refractivity contribution in [3.63, 3.8) is 0 Å². The topological polar surface area (TPSA) is 57.8 Å². The summed E-state index contributed by atoms with van der Waals surface area (Å²) < 4.78 is 37.5. The molecule has 4 nitrogen and oxygen atoms in total. The van der Waals surface area contributed by atoms with E-state index >= 15 is 0 Å². The Morgan fingerprint density at radius 1 is 1.39 bits per heavy atom. The number of H-pyrrole nitrogens is 1. The monoisotopic (exact) mass is 261 g/mol. The van der Waals surface area contributed by atoms with Gasteiger partial charge in [-0.1, -0.05) is 12.8 Å². The van der Waals surface area contributed by atoms with Crippen LogP contribution in [-0.4, -0.2) is 16.1 Å². The van der Waals surface area contributed by atoms with E-state index in [9.17, 15) is 18.0 Å². The van der Waals surface area contributed by atoms with Gasteiger partial charge in [-0.15, -0.1) is 0 Å². The zero-order chi connectivity index (χ0) is 13.3. The maximum Gasteiger partial charge on any atom is 0.433 e. The fraction of sp³-hybridized carbons (Fsp3) is 0.636. The summed E-state index contributed by atoms with van der Waals surface area (Å²) >= 11 is 0. The molecule has 100 valence electrons. The highest BCUT2D eigenvalue weighted by atomic mass is 19.4. The molecule has 0 aromatic carbocycles. The molecule has 1 heterocycles. The average molecular weight is 261 g/mol. The Morgan fingerprint density at radius 2 is 2.00 bits per heavy atom. The summed E-state index contributed by atoms with van der Waals surface area (Å²) in [4.78, 5) is 11.8. The van der Waals surface area contributed by atoms with Crippen molar-refractivity contribution in [2.45, 2.75) is 38.8 Å². The van der Waals surface area contributed by atoms with E-state index in [4.69, 9.17) is 0 Å². The Labute approximate surface area is 102 Å². The van der Waals surface area contributed by atoms with E-state index in [2.05, 4.69) is 10.4 Å². The van der Waals surface area contributed by atoms with Gasteiger partial charge in [0.25, 0.3) is 0 Å². The van der Waals surface area contributed by atoms with Crippen molar-refractivity contribution < 1.29 is 18.0 Å². The van der Waals surface area contributed by atoms with E-state index in [-0.39, 0.29) is 23.2 Å². The van der Waals surface area contributed by atoms with Crippen LogP contribution in [0.3, 0.4) is 0 Å². The van der Waals surface area contributed by atoms with E-state index < -0.39 is 11.9 Å². The lowest BCUT2D eigenvalue weighted by Crippen LogP contribution is -2.21. The van der Waals surface area contributed by atoms with Crippen LogP contribution in [0.2, 0.25) is 0 Å². The second kappa shape index (κ2) is 4.62. The van der Waals surface area contributed by atoms with Crippen molar-refractivity contribution in [2.75, 3.05) is 5.32 Å². The molecule has 0 aliphatic heterocycles. The Hall–Kier alpha value is -1.53. The van der Waals surface area contributed by atoms with Gasteiger partial charge in [-0.2, -0.15) is 18.3 Å². The van der Waals surface area contributed by atoms with Crippen molar-refractivity contribution in [1.82, 2.24) is 10.2 Å². The molecule has 18 heavy (non-hydrogen) atoms. The van der Waals surface area contributed by atoms with Gasteiger partial charge in [0.05, 0.1) is 0 Å². The third-order valence-corrected chi connectivity index (χ3v) is 3.26. The molecule has 0 radical (unpaired) electrons. The fourth-order valence-electron chi connectivity index (χ4n) is 2.20. The molecular formula is C11H14F3N3O. The van der Waals surface area contributed by atoms with Gasteiger partial charge in [-0.3, -0.25) is 9.89 Å². The van der Waals surface area contributed by atoms with Crippen LogP contribution in [0.4, 0.5) is 19.0 Å². The molecule has 1 aliphatic carbocycles. The van der Waals surface area contributed by atoms with Gasteiger partial charge in [0.2, 0.25) is 5.91 Å². The summed E-state index contributed by atoms with van der Waals surface area (Å²) in [6, 6.07) is 0. The van der Waals surface area contributed by atoms with Crippen molar-refractivity contribution in [3.8, 4) is 0 Å². The van der Waals surface area contributed by atoms with Crippen LogP contribution in [0.15, 0.2) is 0 Å². The zero-order valence-electron chi connectivity index (χ0n) is 9.90. The number of hydrogen-bond acceptors (Lipinski definition) is 2. The second-order valence-corrected chi connectivity index (χ2v) is 4.54. The number of amides is 1. The summed E-state index contributed by atoms with van der Waals surface area (Å²) in [7, 11) is 0. The summed E-state index contributed by atoms with van der Waals surface area (Å²) in [6.45, 7) is 1.29. The first-order valence-corrected chi connectivity index (χ1v) is 5.82. The zero-order valence-corrected chi connectivity index (χ0v) is 9.90. The van der Waals surface area contributed by atoms with Crippen molar-refractivity contribution in [2.24, 2.45) is 5.92 Å². The minimum Gasteiger partial charge on any atom is -0.309 e. The molecule has 2 N–H and O–H groups in total. The van der Waals surface area contributed by atoms with E-state index in [0.29, 0.717) is 0 Å². The Balaban J connectivity index is 2.10. The smallest absolute Gasteiger partial charge is 0.309 e. The number of alkyl halides is 3. The summed E-state index contributed by atoms with van der Waals surface area (Å²) in [5.41, 5.74) is -0.988. The summed E-state index contributed by atoms with van der Waals surface area (Å²) in [5, 5.41) is 7.90. The first kappa shape index (κ1) is 12.9. The van der Waals surface area contributed by atoms with Crippen LogP contribution in [0.5, 0.6) is 0 Å². The second-order valence-electron chi connectivity index (χ2n) is 4.54. The first-order valence-electron chi connectivity index (χ1n) is 5.82. The van der Waals surface area contributed by atoms with Gasteiger partial charge in [-0.05, 0) is 19.8 Å². The molecular weight excluding hydrogens is 247 g/mol. The van der Waals surface area contributed by atoms with Gasteiger partial charge >= 0.3 is 6.18 Å². The summed E-state index contributed by atoms with van der Waals surface area (Å²) in [6.07, 6.45) is -0.910. The van der Waals surface area contributed by atoms with Crippen LogP contribution >= 0.6 is 0 Å². The van der Waals surface area contributed by atoms with E-state index in [1.54, 1.807) is 0 Å². The molecule has 1 fully saturated rings. The Kier molecular flexibility index (Phi) is 3.32. The first-order chi connectivity index (χ1) is 8.39. The average Bonchev–Trinajstić information content (AvgIpc) is 2.87. The molecule has 1 aromatic rings. The van der Waals surface area contributed by atoms with Crippen molar-refractivity contribution in [3.05, 3.63) is 11.3 Å². The standard InChI is InChI=1S/C11H14F3N3O/c1-6-8(11(12,13)14)16-17-9(6)15-10(18)7-4-2-3-5-7/h7H,2-5H2,1H3,(H2,15,16,17,18). The van der Waals surface area contributed by atoms with Crippen LogP contribution in [0, 0.1) is 12.8 Å². The normalized spacial score (nSPS) is 17.1. The number of aromatic amines is 1. The number of anilines is 1. The number of carbonyl (C=O) groups is 1. The molecule has 0 bridgehead atoms. The summed E-state index contributed by atoms with van der Waals surface area (Å²) in [5.74, 6) is -0.370. The van der Waals surface area contributed by atoms with Crippen LogP contribution in [0.25, 0.3) is 0 Å². The quantitative estimate of drug-likeness (QED) is 0.860. The highest BCUT2D eigenvalue weighted by Crippen LogP contribution is 2.33. The molecule has 0 saturated heterocycles. The molecule has 1 aromatic heterocycles. The van der Waals surface area contributed by atoms with E-state index in [1.807, 2.05) is 5.10 Å². The van der Waals surface area contributed by atoms with Crippen molar-refractivity contribution in [1.29, 1.82) is 0 Å². The largest absolute Gasteiger partial charge is 0.433 e. The SMILES string of the molecule is Cc1c(NC(=O)C2CCCC2)n[nH]c1C(F)(F)F. The van der Waals surface area contributed by atoms with Crippen LogP contribution < -0.4 is 5.32 Å². The number of halogens is 3. The third kappa shape index (κ3) is 2.49. The third-order valence-electron chi connectivity index (χ3n) is 3.26. The molecule has 7 heteroatoms. The Morgan fingerprint density at radius 3 is 2.50 bits per heavy atom. The molecule has 1 aliphatic rings. The minimum absolute atomic E-state index is 0.0285. The number of aromatic nitrogens is 2. The molecule has 0 spiro atoms.